The van der Waals surface area contributed by atoms with Gasteiger partial charge in [0.1, 0.15) is 0 Å². The van der Waals surface area contributed by atoms with Crippen molar-refractivity contribution in [3.05, 3.63) is 53.5 Å². The molecule has 3 aromatic rings. The van der Waals surface area contributed by atoms with Gasteiger partial charge in [-0.15, -0.1) is 11.3 Å². The fraction of sp³-hybridized carbons (Fsp3) is 0.375. The molecule has 1 atom stereocenters. The summed E-state index contributed by atoms with van der Waals surface area (Å²) in [5, 5.41) is 4.18. The fourth-order valence-corrected chi connectivity index (χ4v) is 5.61. The van der Waals surface area contributed by atoms with Gasteiger partial charge in [-0.25, -0.2) is 4.98 Å². The molecule has 7 heteroatoms. The van der Waals surface area contributed by atoms with E-state index in [0.29, 0.717) is 18.9 Å². The van der Waals surface area contributed by atoms with Crippen LogP contribution in [0.25, 0.3) is 10.2 Å². The van der Waals surface area contributed by atoms with Crippen molar-refractivity contribution in [3.8, 4) is 0 Å². The zero-order valence-electron chi connectivity index (χ0n) is 17.4. The number of piperidine rings is 1. The summed E-state index contributed by atoms with van der Waals surface area (Å²) in [6, 6.07) is 15.8. The Bertz CT molecular complexity index is 1060. The van der Waals surface area contributed by atoms with Crippen molar-refractivity contribution in [3.63, 3.8) is 0 Å². The first kappa shape index (κ1) is 20.2. The van der Waals surface area contributed by atoms with Crippen LogP contribution in [0.15, 0.2) is 48.5 Å². The van der Waals surface area contributed by atoms with E-state index >= 15 is 0 Å². The molecule has 2 aliphatic heterocycles. The van der Waals surface area contributed by atoms with E-state index in [-0.39, 0.29) is 11.8 Å². The summed E-state index contributed by atoms with van der Waals surface area (Å²) in [6.45, 7) is 2.96. The summed E-state index contributed by atoms with van der Waals surface area (Å²) in [4.78, 5) is 33.4. The number of hydrogen-bond acceptors (Lipinski definition) is 5. The van der Waals surface area contributed by atoms with Crippen molar-refractivity contribution in [1.29, 1.82) is 0 Å². The number of rotatable bonds is 5. The molecule has 160 valence electrons. The molecular formula is C24H26N4O2S. The summed E-state index contributed by atoms with van der Waals surface area (Å²) in [7, 11) is 0. The van der Waals surface area contributed by atoms with Crippen LogP contribution < -0.4 is 10.2 Å². The molecule has 0 unspecified atom stereocenters. The molecule has 2 aliphatic rings. The fourth-order valence-electron chi connectivity index (χ4n) is 4.51. The lowest BCUT2D eigenvalue weighted by atomic mass is 9.99. The maximum absolute atomic E-state index is 12.6. The molecule has 2 fully saturated rings. The van der Waals surface area contributed by atoms with E-state index in [1.54, 1.807) is 11.3 Å². The largest absolute Gasteiger partial charge is 0.325 e. The van der Waals surface area contributed by atoms with Gasteiger partial charge in [0, 0.05) is 36.8 Å². The first-order valence-corrected chi connectivity index (χ1v) is 11.8. The predicted octanol–water partition coefficient (Wildman–Crippen LogP) is 4.24. The molecule has 0 bridgehead atoms. The van der Waals surface area contributed by atoms with Crippen LogP contribution in [0.1, 0.15) is 36.6 Å². The average molecular weight is 435 g/mol. The number of likely N-dealkylation sites (tertiary alicyclic amines) is 1. The molecule has 3 heterocycles. The SMILES string of the molecule is O=C(CN1CCC[C@H](c2nc3ccccc3s2)C1)Nc1ccc(N2CCCC2=O)cc1. The number of carbonyl (C=O) groups excluding carboxylic acids is 2. The van der Waals surface area contributed by atoms with Gasteiger partial charge in [0.05, 0.1) is 21.8 Å². The molecule has 0 radical (unpaired) electrons. The van der Waals surface area contributed by atoms with E-state index in [1.807, 2.05) is 35.2 Å². The molecular weight excluding hydrogens is 408 g/mol. The Morgan fingerprint density at radius 3 is 2.71 bits per heavy atom. The first-order valence-electron chi connectivity index (χ1n) is 10.9. The van der Waals surface area contributed by atoms with E-state index in [2.05, 4.69) is 28.4 Å². The Balaban J connectivity index is 1.18. The van der Waals surface area contributed by atoms with E-state index in [1.165, 1.54) is 9.71 Å². The number of carbonyl (C=O) groups is 2. The highest BCUT2D eigenvalue weighted by molar-refractivity contribution is 7.18. The normalized spacial score (nSPS) is 19.8. The molecule has 2 amide bonds. The number of fused-ring (bicyclic) bond motifs is 1. The minimum Gasteiger partial charge on any atom is -0.325 e. The van der Waals surface area contributed by atoms with E-state index in [4.69, 9.17) is 4.98 Å². The van der Waals surface area contributed by atoms with Crippen molar-refractivity contribution in [2.75, 3.05) is 36.4 Å². The second-order valence-electron chi connectivity index (χ2n) is 8.34. The topological polar surface area (TPSA) is 65.5 Å². The summed E-state index contributed by atoms with van der Waals surface area (Å²) in [5.41, 5.74) is 2.73. The van der Waals surface area contributed by atoms with Crippen molar-refractivity contribution in [2.24, 2.45) is 0 Å². The van der Waals surface area contributed by atoms with Crippen LogP contribution in [0, 0.1) is 0 Å². The minimum atomic E-state index is -0.00468. The number of benzene rings is 2. The van der Waals surface area contributed by atoms with Crippen molar-refractivity contribution in [2.45, 2.75) is 31.6 Å². The molecule has 1 N–H and O–H groups in total. The third-order valence-electron chi connectivity index (χ3n) is 6.07. The highest BCUT2D eigenvalue weighted by atomic mass is 32.1. The lowest BCUT2D eigenvalue weighted by Gasteiger charge is -2.31. The van der Waals surface area contributed by atoms with Crippen LogP contribution in [0.2, 0.25) is 0 Å². The van der Waals surface area contributed by atoms with Crippen LogP contribution in [-0.4, -0.2) is 47.9 Å². The monoisotopic (exact) mass is 434 g/mol. The molecule has 0 aliphatic carbocycles. The second-order valence-corrected chi connectivity index (χ2v) is 9.40. The van der Waals surface area contributed by atoms with Gasteiger partial charge < -0.3 is 10.2 Å². The molecule has 5 rings (SSSR count). The van der Waals surface area contributed by atoms with Gasteiger partial charge in [-0.2, -0.15) is 0 Å². The Kier molecular flexibility index (Phi) is 5.70. The third-order valence-corrected chi connectivity index (χ3v) is 7.27. The quantitative estimate of drug-likeness (QED) is 0.652. The van der Waals surface area contributed by atoms with Crippen molar-refractivity contribution < 1.29 is 9.59 Å². The van der Waals surface area contributed by atoms with Gasteiger partial charge >= 0.3 is 0 Å². The van der Waals surface area contributed by atoms with Gasteiger partial charge in [-0.1, -0.05) is 12.1 Å². The predicted molar refractivity (Wildman–Crippen MR) is 125 cm³/mol. The number of nitrogens with zero attached hydrogens (tertiary/aromatic N) is 3. The molecule has 2 aromatic carbocycles. The lowest BCUT2D eigenvalue weighted by Crippen LogP contribution is -2.39. The Morgan fingerprint density at radius 1 is 1.10 bits per heavy atom. The van der Waals surface area contributed by atoms with Crippen molar-refractivity contribution in [1.82, 2.24) is 9.88 Å². The van der Waals surface area contributed by atoms with Gasteiger partial charge in [0.15, 0.2) is 0 Å². The van der Waals surface area contributed by atoms with Crippen LogP contribution in [0.5, 0.6) is 0 Å². The van der Waals surface area contributed by atoms with E-state index in [9.17, 15) is 9.59 Å². The first-order chi connectivity index (χ1) is 15.2. The van der Waals surface area contributed by atoms with E-state index < -0.39 is 0 Å². The lowest BCUT2D eigenvalue weighted by molar-refractivity contribution is -0.118. The smallest absolute Gasteiger partial charge is 0.238 e. The van der Waals surface area contributed by atoms with Gasteiger partial charge in [0.2, 0.25) is 11.8 Å². The zero-order valence-corrected chi connectivity index (χ0v) is 18.2. The van der Waals surface area contributed by atoms with Crippen molar-refractivity contribution >= 4 is 44.7 Å². The maximum Gasteiger partial charge on any atom is 0.238 e. The number of hydrogen-bond donors (Lipinski definition) is 1. The number of thiazole rings is 1. The Morgan fingerprint density at radius 2 is 1.94 bits per heavy atom. The summed E-state index contributed by atoms with van der Waals surface area (Å²) >= 11 is 1.77. The number of anilines is 2. The standard InChI is InChI=1S/C24H26N4O2S/c29-22(25-18-9-11-19(12-10-18)28-14-4-8-23(28)30)16-27-13-3-5-17(15-27)24-26-20-6-1-2-7-21(20)31-24/h1-2,6-7,9-12,17H,3-5,8,13-16H2,(H,25,29)/t17-/m0/s1. The Hall–Kier alpha value is -2.77. The summed E-state index contributed by atoms with van der Waals surface area (Å²) < 4.78 is 1.23. The van der Waals surface area contributed by atoms with Crippen LogP contribution in [-0.2, 0) is 9.59 Å². The van der Waals surface area contributed by atoms with Gasteiger partial charge in [-0.3, -0.25) is 14.5 Å². The number of para-hydroxylation sites is 1. The van der Waals surface area contributed by atoms with Gasteiger partial charge in [-0.05, 0) is 62.2 Å². The highest BCUT2D eigenvalue weighted by Crippen LogP contribution is 2.33. The molecule has 0 saturated carbocycles. The summed E-state index contributed by atoms with van der Waals surface area (Å²) in [6.07, 6.45) is 3.72. The number of aromatic nitrogens is 1. The summed E-state index contributed by atoms with van der Waals surface area (Å²) in [5.74, 6) is 0.552. The second kappa shape index (κ2) is 8.77. The maximum atomic E-state index is 12.6. The van der Waals surface area contributed by atoms with Crippen LogP contribution in [0.3, 0.4) is 0 Å². The highest BCUT2D eigenvalue weighted by Gasteiger charge is 2.25. The molecule has 0 spiro atoms. The van der Waals surface area contributed by atoms with Crippen LogP contribution >= 0.6 is 11.3 Å². The van der Waals surface area contributed by atoms with Gasteiger partial charge in [0.25, 0.3) is 0 Å². The number of nitrogens with one attached hydrogen (secondary N) is 1. The molecule has 31 heavy (non-hydrogen) atoms. The van der Waals surface area contributed by atoms with Crippen LogP contribution in [0.4, 0.5) is 11.4 Å². The minimum absolute atomic E-state index is 0.00468. The molecule has 2 saturated heterocycles. The van der Waals surface area contributed by atoms with E-state index in [0.717, 1.165) is 55.8 Å². The molecule has 1 aromatic heterocycles. The molecule has 6 nitrogen and oxygen atoms in total. The number of amides is 2. The average Bonchev–Trinajstić information content (AvgIpc) is 3.40. The Labute approximate surface area is 185 Å². The zero-order chi connectivity index (χ0) is 21.2. The third kappa shape index (κ3) is 4.48.